The van der Waals surface area contributed by atoms with Crippen LogP contribution in [0, 0.1) is 0 Å². The van der Waals surface area contributed by atoms with E-state index >= 15 is 0 Å². The third-order valence-corrected chi connectivity index (χ3v) is 5.23. The Hall–Kier alpha value is -0.320. The topological polar surface area (TPSA) is 87.6 Å². The van der Waals surface area contributed by atoms with Crippen molar-refractivity contribution in [1.29, 1.82) is 0 Å². The van der Waals surface area contributed by atoms with Crippen LogP contribution in [-0.2, 0) is 28.4 Å². The predicted molar refractivity (Wildman–Crippen MR) is 137 cm³/mol. The van der Waals surface area contributed by atoms with Gasteiger partial charge in [0.05, 0.1) is 85.9 Å². The maximum atomic E-state index is 8.56. The second-order valence-corrected chi connectivity index (χ2v) is 8.33. The molecule has 0 saturated carbocycles. The summed E-state index contributed by atoms with van der Waals surface area (Å²) in [4.78, 5) is 0. The molecule has 0 saturated heterocycles. The van der Waals surface area contributed by atoms with Gasteiger partial charge in [-0.25, -0.2) is 0 Å². The van der Waals surface area contributed by atoms with Crippen molar-refractivity contribution in [3.8, 4) is 0 Å². The number of aliphatic hydroxyl groups excluding tert-OH is 1. The smallest absolute Gasteiger partial charge is 0.0701 e. The fourth-order valence-electron chi connectivity index (χ4n) is 3.27. The van der Waals surface area contributed by atoms with Crippen LogP contribution in [0.2, 0.25) is 0 Å². The minimum absolute atomic E-state index is 0.0409. The molecule has 0 unspecified atom stereocenters. The van der Waals surface area contributed by atoms with E-state index in [9.17, 15) is 0 Å². The lowest BCUT2D eigenvalue weighted by Gasteiger charge is -2.08. The molecule has 0 fully saturated rings. The fourth-order valence-corrected chi connectivity index (χ4v) is 3.27. The lowest BCUT2D eigenvalue weighted by molar-refractivity contribution is -0.0180. The molecular formula is C26H55NO7. The molecule has 34 heavy (non-hydrogen) atoms. The largest absolute Gasteiger partial charge is 0.394 e. The summed E-state index contributed by atoms with van der Waals surface area (Å²) in [5, 5.41) is 12.0. The summed E-state index contributed by atoms with van der Waals surface area (Å²) in [7, 11) is 0. The van der Waals surface area contributed by atoms with Crippen LogP contribution in [0.4, 0.5) is 0 Å². The van der Waals surface area contributed by atoms with Crippen LogP contribution in [-0.4, -0.2) is 104 Å². The zero-order chi connectivity index (χ0) is 24.6. The molecule has 0 heterocycles. The summed E-state index contributed by atoms with van der Waals surface area (Å²) < 4.78 is 32.3. The molecule has 8 nitrogen and oxygen atoms in total. The van der Waals surface area contributed by atoms with E-state index in [1.165, 1.54) is 64.2 Å². The van der Waals surface area contributed by atoms with Gasteiger partial charge in [0.15, 0.2) is 0 Å². The second kappa shape index (κ2) is 32.7. The molecule has 0 rings (SSSR count). The summed E-state index contributed by atoms with van der Waals surface area (Å²) in [5.41, 5.74) is 0. The predicted octanol–water partition coefficient (Wildman–Crippen LogP) is 3.59. The van der Waals surface area contributed by atoms with Gasteiger partial charge in [-0.3, -0.25) is 0 Å². The Morgan fingerprint density at radius 1 is 0.412 bits per heavy atom. The van der Waals surface area contributed by atoms with Crippen molar-refractivity contribution in [2.45, 2.75) is 71.1 Å². The van der Waals surface area contributed by atoms with Gasteiger partial charge in [0.2, 0.25) is 0 Å². The standard InChI is InChI=1S/C26H55NO7/c1-2-3-4-5-6-7-8-9-10-11-12-27-13-15-29-17-19-31-21-23-33-25-26-34-24-22-32-20-18-30-16-14-28/h27-28H,2-26H2,1H3. The fraction of sp³-hybridized carbons (Fsp3) is 1.00. The van der Waals surface area contributed by atoms with Gasteiger partial charge in [0, 0.05) is 6.54 Å². The minimum Gasteiger partial charge on any atom is -0.394 e. The Kier molecular flexibility index (Phi) is 32.4. The highest BCUT2D eigenvalue weighted by Crippen LogP contribution is 2.10. The van der Waals surface area contributed by atoms with E-state index < -0.39 is 0 Å². The third kappa shape index (κ3) is 31.7. The summed E-state index contributed by atoms with van der Waals surface area (Å²) in [6, 6.07) is 0. The van der Waals surface area contributed by atoms with Gasteiger partial charge >= 0.3 is 0 Å². The number of hydrogen-bond donors (Lipinski definition) is 2. The van der Waals surface area contributed by atoms with Gasteiger partial charge in [0.1, 0.15) is 0 Å². The number of ether oxygens (including phenoxy) is 6. The van der Waals surface area contributed by atoms with Gasteiger partial charge in [0.25, 0.3) is 0 Å². The van der Waals surface area contributed by atoms with Gasteiger partial charge in [-0.15, -0.1) is 0 Å². The van der Waals surface area contributed by atoms with Crippen molar-refractivity contribution >= 4 is 0 Å². The number of hydrogen-bond acceptors (Lipinski definition) is 8. The Bertz CT molecular complexity index is 319. The van der Waals surface area contributed by atoms with E-state index in [0.717, 1.165) is 19.7 Å². The van der Waals surface area contributed by atoms with E-state index in [1.807, 2.05) is 0 Å². The molecule has 2 N–H and O–H groups in total. The number of nitrogens with one attached hydrogen (secondary N) is 1. The molecule has 0 aromatic carbocycles. The zero-order valence-electron chi connectivity index (χ0n) is 22.1. The first-order valence-corrected chi connectivity index (χ1v) is 13.7. The summed E-state index contributed by atoms with van der Waals surface area (Å²) in [6.07, 6.45) is 13.8. The molecule has 0 aromatic heterocycles. The number of aliphatic hydroxyl groups is 1. The Labute approximate surface area is 209 Å². The highest BCUT2D eigenvalue weighted by molar-refractivity contribution is 4.50. The van der Waals surface area contributed by atoms with Crippen LogP contribution in [0.3, 0.4) is 0 Å². The average Bonchev–Trinajstić information content (AvgIpc) is 2.85. The van der Waals surface area contributed by atoms with Crippen molar-refractivity contribution in [3.05, 3.63) is 0 Å². The zero-order valence-corrected chi connectivity index (χ0v) is 22.1. The van der Waals surface area contributed by atoms with E-state index in [-0.39, 0.29) is 6.61 Å². The highest BCUT2D eigenvalue weighted by atomic mass is 16.6. The highest BCUT2D eigenvalue weighted by Gasteiger charge is 1.95. The molecule has 0 aliphatic heterocycles. The van der Waals surface area contributed by atoms with Crippen LogP contribution in [0.15, 0.2) is 0 Å². The monoisotopic (exact) mass is 493 g/mol. The van der Waals surface area contributed by atoms with Crippen molar-refractivity contribution in [2.75, 3.05) is 99.0 Å². The third-order valence-electron chi connectivity index (χ3n) is 5.23. The van der Waals surface area contributed by atoms with Crippen LogP contribution >= 0.6 is 0 Å². The maximum absolute atomic E-state index is 8.56. The van der Waals surface area contributed by atoms with Crippen LogP contribution in [0.1, 0.15) is 71.1 Å². The average molecular weight is 494 g/mol. The van der Waals surface area contributed by atoms with E-state index in [1.54, 1.807) is 0 Å². The first-order valence-electron chi connectivity index (χ1n) is 13.7. The summed E-state index contributed by atoms with van der Waals surface area (Å²) in [5.74, 6) is 0. The SMILES string of the molecule is CCCCCCCCCCCCNCCOCCOCCOCCOCCOCCOCCO. The Morgan fingerprint density at radius 2 is 0.765 bits per heavy atom. The Balaban J connectivity index is 2.99. The second-order valence-electron chi connectivity index (χ2n) is 8.33. The molecule has 0 aliphatic carbocycles. The molecule has 206 valence electrons. The van der Waals surface area contributed by atoms with Crippen molar-refractivity contribution < 1.29 is 33.5 Å². The van der Waals surface area contributed by atoms with Crippen molar-refractivity contribution in [1.82, 2.24) is 5.32 Å². The molecule has 0 amide bonds. The molecule has 0 atom stereocenters. The minimum atomic E-state index is 0.0409. The first kappa shape index (κ1) is 33.7. The van der Waals surface area contributed by atoms with Gasteiger partial charge in [-0.2, -0.15) is 0 Å². The summed E-state index contributed by atoms with van der Waals surface area (Å²) in [6.45, 7) is 10.9. The van der Waals surface area contributed by atoms with Gasteiger partial charge < -0.3 is 38.8 Å². The van der Waals surface area contributed by atoms with Crippen molar-refractivity contribution in [3.63, 3.8) is 0 Å². The van der Waals surface area contributed by atoms with Crippen molar-refractivity contribution in [2.24, 2.45) is 0 Å². The number of unbranched alkanes of at least 4 members (excludes halogenated alkanes) is 9. The molecule has 0 aliphatic rings. The lowest BCUT2D eigenvalue weighted by Crippen LogP contribution is -2.22. The van der Waals surface area contributed by atoms with E-state index in [2.05, 4.69) is 12.2 Å². The van der Waals surface area contributed by atoms with Crippen LogP contribution in [0.25, 0.3) is 0 Å². The molecule has 0 radical (unpaired) electrons. The molecule has 0 bridgehead atoms. The van der Waals surface area contributed by atoms with Crippen LogP contribution in [0.5, 0.6) is 0 Å². The van der Waals surface area contributed by atoms with E-state index in [0.29, 0.717) is 72.7 Å². The number of rotatable bonds is 31. The normalized spacial score (nSPS) is 11.5. The van der Waals surface area contributed by atoms with E-state index in [4.69, 9.17) is 33.5 Å². The van der Waals surface area contributed by atoms with Gasteiger partial charge in [-0.1, -0.05) is 64.7 Å². The molecule has 0 spiro atoms. The first-order chi connectivity index (χ1) is 16.9. The summed E-state index contributed by atoms with van der Waals surface area (Å²) >= 11 is 0. The molecule has 0 aromatic rings. The quantitative estimate of drug-likeness (QED) is 0.142. The van der Waals surface area contributed by atoms with Crippen LogP contribution < -0.4 is 5.32 Å². The molecular weight excluding hydrogens is 438 g/mol. The Morgan fingerprint density at radius 3 is 1.18 bits per heavy atom. The van der Waals surface area contributed by atoms with Gasteiger partial charge in [-0.05, 0) is 13.0 Å². The molecule has 8 heteroatoms. The lowest BCUT2D eigenvalue weighted by atomic mass is 10.1. The maximum Gasteiger partial charge on any atom is 0.0701 e.